The zero-order valence-corrected chi connectivity index (χ0v) is 35.0. The molecule has 0 fully saturated rings. The number of hydrogen-bond donors (Lipinski definition) is 0. The molecule has 2 aromatic heterocycles. The second-order valence-electron chi connectivity index (χ2n) is 15.9. The fourth-order valence-electron chi connectivity index (χ4n) is 7.58. The smallest absolute Gasteiger partial charge is 0.135 e. The van der Waals surface area contributed by atoms with Gasteiger partial charge < -0.3 is 19.1 Å². The number of nitrogens with zero attached hydrogens (tertiary/aromatic N) is 4. The van der Waals surface area contributed by atoms with Gasteiger partial charge in [-0.3, -0.25) is 0 Å². The van der Waals surface area contributed by atoms with E-state index in [9.17, 15) is 0 Å². The molecule has 6 aromatic carbocycles. The summed E-state index contributed by atoms with van der Waals surface area (Å²) in [6.07, 6.45) is 4.06. The number of para-hydroxylation sites is 1. The quantitative estimate of drug-likeness (QED) is 0.142. The SMILES string of the molecule is CC(C)(C)c1ccnc(-n2c3[c-]c(Oc4[c-]c(N5C=C(c6ccccc6)N(c6cccc(C(C)(C)c7ccccc7)c6)[CH-]5)ccc4)ccc3c3ccccc32)c1.[Pt]. The molecule has 0 aliphatic carbocycles. The average Bonchev–Trinajstić information content (AvgIpc) is 3.82. The Morgan fingerprint density at radius 2 is 1.32 bits per heavy atom. The first-order chi connectivity index (χ1) is 27.1. The molecule has 0 bridgehead atoms. The van der Waals surface area contributed by atoms with Crippen LogP contribution in [0.4, 0.5) is 11.4 Å². The molecule has 0 saturated carbocycles. The van der Waals surface area contributed by atoms with Crippen LogP contribution in [-0.4, -0.2) is 9.55 Å². The van der Waals surface area contributed by atoms with Crippen molar-refractivity contribution in [3.05, 3.63) is 205 Å². The first-order valence-corrected chi connectivity index (χ1v) is 19.1. The van der Waals surface area contributed by atoms with E-state index in [4.69, 9.17) is 9.72 Å². The maximum atomic E-state index is 6.55. The van der Waals surface area contributed by atoms with Crippen LogP contribution in [0.2, 0.25) is 0 Å². The van der Waals surface area contributed by atoms with E-state index in [0.717, 1.165) is 50.3 Å². The van der Waals surface area contributed by atoms with E-state index < -0.39 is 0 Å². The molecule has 5 nitrogen and oxygen atoms in total. The Morgan fingerprint density at radius 3 is 2.11 bits per heavy atom. The van der Waals surface area contributed by atoms with Gasteiger partial charge in [0, 0.05) is 61.1 Å². The number of pyridine rings is 1. The molecule has 286 valence electrons. The number of hydrogen-bond acceptors (Lipinski definition) is 4. The summed E-state index contributed by atoms with van der Waals surface area (Å²) in [6.45, 7) is 13.4. The van der Waals surface area contributed by atoms with Gasteiger partial charge in [-0.15, -0.1) is 48.1 Å². The van der Waals surface area contributed by atoms with E-state index in [2.05, 4.69) is 207 Å². The van der Waals surface area contributed by atoms with E-state index in [1.165, 1.54) is 16.7 Å². The predicted octanol–water partition coefficient (Wildman–Crippen LogP) is 12.6. The summed E-state index contributed by atoms with van der Waals surface area (Å²) in [5.74, 6) is 2.06. The average molecular weight is 923 g/mol. The summed E-state index contributed by atoms with van der Waals surface area (Å²) in [5, 5.41) is 2.24. The molecule has 6 heteroatoms. The summed E-state index contributed by atoms with van der Waals surface area (Å²) >= 11 is 0. The number of anilines is 2. The summed E-state index contributed by atoms with van der Waals surface area (Å²) in [7, 11) is 0. The van der Waals surface area contributed by atoms with Crippen LogP contribution in [0.3, 0.4) is 0 Å². The summed E-state index contributed by atoms with van der Waals surface area (Å²) in [5.41, 5.74) is 9.66. The predicted molar refractivity (Wildman–Crippen MR) is 230 cm³/mol. The van der Waals surface area contributed by atoms with Gasteiger partial charge in [-0.2, -0.15) is 12.1 Å². The van der Waals surface area contributed by atoms with Crippen LogP contribution >= 0.6 is 0 Å². The van der Waals surface area contributed by atoms with E-state index in [1.807, 2.05) is 24.4 Å². The Kier molecular flexibility index (Phi) is 10.1. The summed E-state index contributed by atoms with van der Waals surface area (Å²) in [6, 6.07) is 60.0. The van der Waals surface area contributed by atoms with E-state index >= 15 is 0 Å². The van der Waals surface area contributed by atoms with Crippen LogP contribution in [0, 0.1) is 18.8 Å². The first kappa shape index (κ1) is 38.0. The Morgan fingerprint density at radius 1 is 0.614 bits per heavy atom. The second kappa shape index (κ2) is 15.2. The van der Waals surface area contributed by atoms with Gasteiger partial charge >= 0.3 is 0 Å². The van der Waals surface area contributed by atoms with Gasteiger partial charge in [0.25, 0.3) is 0 Å². The van der Waals surface area contributed by atoms with Crippen molar-refractivity contribution in [3.8, 4) is 17.3 Å². The van der Waals surface area contributed by atoms with Crippen molar-refractivity contribution in [2.45, 2.75) is 45.4 Å². The van der Waals surface area contributed by atoms with E-state index in [-0.39, 0.29) is 31.9 Å². The number of benzene rings is 6. The molecular weight excluding hydrogens is 880 g/mol. The largest absolute Gasteiger partial charge is 0.509 e. The molecule has 1 aliphatic heterocycles. The van der Waals surface area contributed by atoms with Crippen LogP contribution in [0.25, 0.3) is 33.3 Å². The minimum absolute atomic E-state index is 0. The standard InChI is InChI=1S/C51H43N4O.Pt/c1-50(2,3)38-28-29-52-49(31-38)55-46-25-13-12-24-44(46)45-27-26-43(33-47(45)55)56-42-23-15-21-40(32-42)53-34-48(36-16-8-6-9-17-36)54(35-53)41-22-14-20-39(30-41)51(4,5)37-18-10-7-11-19-37;/h6-31,34-35H,1-5H3;/q-3;. The first-order valence-electron chi connectivity index (χ1n) is 19.1. The van der Waals surface area contributed by atoms with Gasteiger partial charge in [-0.25, -0.2) is 4.98 Å². The second-order valence-corrected chi connectivity index (χ2v) is 15.9. The monoisotopic (exact) mass is 922 g/mol. The Balaban J connectivity index is 0.00000455. The molecule has 8 aromatic rings. The minimum atomic E-state index is -0.172. The number of aromatic nitrogens is 2. The van der Waals surface area contributed by atoms with Gasteiger partial charge in [0.1, 0.15) is 5.82 Å². The Labute approximate surface area is 350 Å². The number of rotatable bonds is 8. The molecule has 9 rings (SSSR count). The zero-order valence-electron chi connectivity index (χ0n) is 32.7. The maximum absolute atomic E-state index is 6.55. The summed E-state index contributed by atoms with van der Waals surface area (Å²) in [4.78, 5) is 9.20. The van der Waals surface area contributed by atoms with Gasteiger partial charge in [0.15, 0.2) is 0 Å². The maximum Gasteiger partial charge on any atom is 0.135 e. The van der Waals surface area contributed by atoms with Crippen LogP contribution < -0.4 is 14.5 Å². The van der Waals surface area contributed by atoms with Gasteiger partial charge in [0.2, 0.25) is 0 Å². The molecule has 1 aliphatic rings. The van der Waals surface area contributed by atoms with Crippen molar-refractivity contribution in [3.63, 3.8) is 0 Å². The third kappa shape index (κ3) is 7.29. The molecule has 0 spiro atoms. The third-order valence-electron chi connectivity index (χ3n) is 10.8. The Bertz CT molecular complexity index is 2730. The number of fused-ring (bicyclic) bond motifs is 3. The molecule has 0 amide bonds. The number of ether oxygens (including phenoxy) is 1. The van der Waals surface area contributed by atoms with E-state index in [1.54, 1.807) is 0 Å². The molecule has 57 heavy (non-hydrogen) atoms. The van der Waals surface area contributed by atoms with Crippen molar-refractivity contribution in [1.82, 2.24) is 9.55 Å². The molecule has 0 atom stereocenters. The topological polar surface area (TPSA) is 33.5 Å². The van der Waals surface area contributed by atoms with Crippen molar-refractivity contribution >= 4 is 38.9 Å². The normalized spacial score (nSPS) is 13.2. The molecule has 0 unspecified atom stereocenters. The fourth-order valence-corrected chi connectivity index (χ4v) is 7.58. The molecular formula is C51H43N4OPt-3. The van der Waals surface area contributed by atoms with Crippen molar-refractivity contribution < 1.29 is 25.8 Å². The van der Waals surface area contributed by atoms with Crippen molar-refractivity contribution in [2.24, 2.45) is 0 Å². The van der Waals surface area contributed by atoms with Gasteiger partial charge in [-0.1, -0.05) is 131 Å². The summed E-state index contributed by atoms with van der Waals surface area (Å²) < 4.78 is 8.74. The Hall–Kier alpha value is -5.90. The van der Waals surface area contributed by atoms with Crippen molar-refractivity contribution in [2.75, 3.05) is 9.80 Å². The van der Waals surface area contributed by atoms with Crippen LogP contribution in [0.5, 0.6) is 11.5 Å². The van der Waals surface area contributed by atoms with Gasteiger partial charge in [-0.05, 0) is 69.6 Å². The zero-order chi connectivity index (χ0) is 38.4. The van der Waals surface area contributed by atoms with Crippen LogP contribution in [0.15, 0.2) is 164 Å². The molecule has 0 radical (unpaired) electrons. The molecule has 3 heterocycles. The minimum Gasteiger partial charge on any atom is -0.509 e. The van der Waals surface area contributed by atoms with Crippen LogP contribution in [0.1, 0.15) is 56.9 Å². The third-order valence-corrected chi connectivity index (χ3v) is 10.8. The van der Waals surface area contributed by atoms with Gasteiger partial charge in [0.05, 0.1) is 0 Å². The fraction of sp³-hybridized carbons (Fsp3) is 0.137. The molecule has 0 N–H and O–H groups in total. The van der Waals surface area contributed by atoms with E-state index in [0.29, 0.717) is 11.5 Å². The van der Waals surface area contributed by atoms with Crippen molar-refractivity contribution in [1.29, 1.82) is 0 Å². The molecule has 0 saturated heterocycles. The van der Waals surface area contributed by atoms with Crippen LogP contribution in [-0.2, 0) is 31.9 Å².